The van der Waals surface area contributed by atoms with Crippen molar-refractivity contribution in [3.05, 3.63) is 53.3 Å². The van der Waals surface area contributed by atoms with Crippen LogP contribution in [-0.2, 0) is 5.92 Å². The highest BCUT2D eigenvalue weighted by atomic mass is 19.3. The Morgan fingerprint density at radius 1 is 1.22 bits per heavy atom. The van der Waals surface area contributed by atoms with E-state index in [1.54, 1.807) is 24.0 Å². The Morgan fingerprint density at radius 3 is 2.53 bits per heavy atom. The van der Waals surface area contributed by atoms with E-state index < -0.39 is 11.6 Å². The van der Waals surface area contributed by atoms with Crippen molar-refractivity contribution in [1.82, 2.24) is 25.1 Å². The molecule has 1 aromatic carbocycles. The number of carbonyl (C=O) groups is 1. The minimum Gasteiger partial charge on any atom is -0.474 e. The SMILES string of the molecule is CCN(C(=O)c1cccc(C)c1-c1nnc(C)o1)[C@@H](C)COc1cnc(C(C)(F)F)cn1. The molecule has 8 nitrogen and oxygen atoms in total. The number of nitrogens with zero attached hydrogens (tertiary/aromatic N) is 5. The molecule has 1 atom stereocenters. The fraction of sp³-hybridized carbons (Fsp3) is 0.409. The molecule has 0 aliphatic heterocycles. The predicted octanol–water partition coefficient (Wildman–Crippen LogP) is 4.18. The maximum atomic E-state index is 13.4. The molecule has 0 aliphatic rings. The average Bonchev–Trinajstić information content (AvgIpc) is 3.18. The zero-order chi connectivity index (χ0) is 23.5. The maximum absolute atomic E-state index is 13.4. The molecule has 1 amide bonds. The summed E-state index contributed by atoms with van der Waals surface area (Å²) in [6, 6.07) is 5.05. The number of hydrogen-bond donors (Lipinski definition) is 0. The molecule has 3 rings (SSSR count). The van der Waals surface area contributed by atoms with Crippen LogP contribution in [0, 0.1) is 13.8 Å². The van der Waals surface area contributed by atoms with E-state index in [9.17, 15) is 13.6 Å². The second kappa shape index (κ2) is 9.37. The van der Waals surface area contributed by atoms with Crippen molar-refractivity contribution >= 4 is 5.91 Å². The van der Waals surface area contributed by atoms with Gasteiger partial charge in [-0.3, -0.25) is 4.79 Å². The second-order valence-corrected chi connectivity index (χ2v) is 7.50. The Balaban J connectivity index is 1.77. The van der Waals surface area contributed by atoms with E-state index in [4.69, 9.17) is 9.15 Å². The first kappa shape index (κ1) is 23.2. The van der Waals surface area contributed by atoms with Crippen LogP contribution in [0.1, 0.15) is 48.3 Å². The smallest absolute Gasteiger partial charge is 0.288 e. The van der Waals surface area contributed by atoms with E-state index in [0.29, 0.717) is 23.6 Å². The molecule has 170 valence electrons. The summed E-state index contributed by atoms with van der Waals surface area (Å²) in [5.41, 5.74) is 1.43. The number of benzene rings is 1. The molecule has 3 aromatic rings. The molecule has 0 aliphatic carbocycles. The molecule has 0 saturated heterocycles. The van der Waals surface area contributed by atoms with E-state index in [1.807, 2.05) is 26.8 Å². The van der Waals surface area contributed by atoms with Crippen molar-refractivity contribution in [1.29, 1.82) is 0 Å². The molecular weight excluding hydrogens is 420 g/mol. The first-order valence-electron chi connectivity index (χ1n) is 10.2. The number of rotatable bonds is 8. The molecule has 10 heteroatoms. The quantitative estimate of drug-likeness (QED) is 0.513. The molecule has 32 heavy (non-hydrogen) atoms. The number of likely N-dealkylation sites (N-methyl/N-ethyl adjacent to an activating group) is 1. The number of hydrogen-bond acceptors (Lipinski definition) is 7. The summed E-state index contributed by atoms with van der Waals surface area (Å²) in [5, 5.41) is 7.94. The molecule has 0 unspecified atom stereocenters. The zero-order valence-electron chi connectivity index (χ0n) is 18.6. The van der Waals surface area contributed by atoms with E-state index >= 15 is 0 Å². The number of carbonyl (C=O) groups excluding carboxylic acids is 1. The molecule has 2 heterocycles. The third kappa shape index (κ3) is 5.06. The van der Waals surface area contributed by atoms with Gasteiger partial charge in [-0.1, -0.05) is 12.1 Å². The lowest BCUT2D eigenvalue weighted by molar-refractivity contribution is 0.0121. The van der Waals surface area contributed by atoms with Crippen LogP contribution in [0.15, 0.2) is 35.0 Å². The number of aromatic nitrogens is 4. The van der Waals surface area contributed by atoms with Gasteiger partial charge in [-0.15, -0.1) is 10.2 Å². The molecule has 0 radical (unpaired) electrons. The van der Waals surface area contributed by atoms with Gasteiger partial charge in [0.25, 0.3) is 11.8 Å². The highest BCUT2D eigenvalue weighted by molar-refractivity contribution is 6.00. The Hall–Kier alpha value is -3.43. The maximum Gasteiger partial charge on any atom is 0.288 e. The van der Waals surface area contributed by atoms with Gasteiger partial charge in [-0.05, 0) is 32.4 Å². The van der Waals surface area contributed by atoms with E-state index in [0.717, 1.165) is 24.9 Å². The van der Waals surface area contributed by atoms with Gasteiger partial charge in [-0.2, -0.15) is 8.78 Å². The zero-order valence-corrected chi connectivity index (χ0v) is 18.6. The molecule has 0 N–H and O–H groups in total. The standard InChI is InChI=1S/C22H25F2N5O3/c1-6-29(14(3)12-31-18-11-25-17(10-26-18)22(5,23)24)21(30)16-9-7-8-13(2)19(16)20-28-27-15(4)32-20/h7-11,14H,6,12H2,1-5H3/t14-/m0/s1. The van der Waals surface area contributed by atoms with Crippen LogP contribution in [0.2, 0.25) is 0 Å². The summed E-state index contributed by atoms with van der Waals surface area (Å²) in [7, 11) is 0. The van der Waals surface area contributed by atoms with Gasteiger partial charge in [0.15, 0.2) is 0 Å². The predicted molar refractivity (Wildman–Crippen MR) is 112 cm³/mol. The molecule has 2 aromatic heterocycles. The Morgan fingerprint density at radius 2 is 1.97 bits per heavy atom. The minimum atomic E-state index is -3.08. The third-order valence-electron chi connectivity index (χ3n) is 4.93. The minimum absolute atomic E-state index is 0.103. The number of amides is 1. The lowest BCUT2D eigenvalue weighted by atomic mass is 10.00. The van der Waals surface area contributed by atoms with Gasteiger partial charge in [0.05, 0.1) is 29.6 Å². The Bertz CT molecular complexity index is 1080. The van der Waals surface area contributed by atoms with Gasteiger partial charge in [0.1, 0.15) is 12.3 Å². The summed E-state index contributed by atoms with van der Waals surface area (Å²) in [4.78, 5) is 22.6. The van der Waals surface area contributed by atoms with Crippen LogP contribution in [0.4, 0.5) is 8.78 Å². The number of aryl methyl sites for hydroxylation is 2. The van der Waals surface area contributed by atoms with Crippen molar-refractivity contribution in [2.45, 2.75) is 46.6 Å². The molecule has 0 saturated carbocycles. The van der Waals surface area contributed by atoms with E-state index in [1.165, 1.54) is 0 Å². The average molecular weight is 445 g/mol. The van der Waals surface area contributed by atoms with Crippen molar-refractivity contribution < 1.29 is 22.7 Å². The summed E-state index contributed by atoms with van der Waals surface area (Å²) in [5.74, 6) is -2.50. The number of alkyl halides is 2. The van der Waals surface area contributed by atoms with Gasteiger partial charge in [0.2, 0.25) is 17.7 Å². The van der Waals surface area contributed by atoms with Crippen molar-refractivity contribution in [2.24, 2.45) is 0 Å². The second-order valence-electron chi connectivity index (χ2n) is 7.50. The van der Waals surface area contributed by atoms with Crippen LogP contribution >= 0.6 is 0 Å². The summed E-state index contributed by atoms with van der Waals surface area (Å²) < 4.78 is 37.7. The lowest BCUT2D eigenvalue weighted by Gasteiger charge is -2.28. The molecular formula is C22H25F2N5O3. The highest BCUT2D eigenvalue weighted by Gasteiger charge is 2.28. The van der Waals surface area contributed by atoms with Crippen molar-refractivity contribution in [3.63, 3.8) is 0 Å². The summed E-state index contributed by atoms with van der Waals surface area (Å²) in [6.45, 7) is 8.53. The number of halogens is 2. The van der Waals surface area contributed by atoms with E-state index in [2.05, 4.69) is 20.2 Å². The van der Waals surface area contributed by atoms with Crippen LogP contribution < -0.4 is 4.74 Å². The highest BCUT2D eigenvalue weighted by Crippen LogP contribution is 2.28. The first-order chi connectivity index (χ1) is 15.1. The molecule has 0 fully saturated rings. The largest absolute Gasteiger partial charge is 0.474 e. The van der Waals surface area contributed by atoms with Crippen LogP contribution in [0.3, 0.4) is 0 Å². The van der Waals surface area contributed by atoms with Crippen molar-refractivity contribution in [2.75, 3.05) is 13.2 Å². The van der Waals surface area contributed by atoms with Crippen LogP contribution in [-0.4, -0.2) is 50.2 Å². The van der Waals surface area contributed by atoms with E-state index in [-0.39, 0.29) is 30.3 Å². The van der Waals surface area contributed by atoms with Gasteiger partial charge in [0, 0.05) is 20.4 Å². The normalized spacial score (nSPS) is 12.5. The molecule has 0 bridgehead atoms. The van der Waals surface area contributed by atoms with Crippen molar-refractivity contribution in [3.8, 4) is 17.3 Å². The first-order valence-corrected chi connectivity index (χ1v) is 10.2. The third-order valence-corrected chi connectivity index (χ3v) is 4.93. The topological polar surface area (TPSA) is 94.2 Å². The summed E-state index contributed by atoms with van der Waals surface area (Å²) >= 11 is 0. The van der Waals surface area contributed by atoms with Gasteiger partial charge < -0.3 is 14.1 Å². The molecule has 0 spiro atoms. The van der Waals surface area contributed by atoms with Gasteiger partial charge in [-0.25, -0.2) is 9.97 Å². The Kier molecular flexibility index (Phi) is 6.81. The monoisotopic (exact) mass is 445 g/mol. The lowest BCUT2D eigenvalue weighted by Crippen LogP contribution is -2.42. The van der Waals surface area contributed by atoms with Gasteiger partial charge >= 0.3 is 0 Å². The number of ether oxygens (including phenoxy) is 1. The Labute approximate surface area is 184 Å². The summed E-state index contributed by atoms with van der Waals surface area (Å²) in [6.07, 6.45) is 2.13. The van der Waals surface area contributed by atoms with Crippen LogP contribution in [0.5, 0.6) is 5.88 Å². The fourth-order valence-electron chi connectivity index (χ4n) is 3.25. The fourth-order valence-corrected chi connectivity index (χ4v) is 3.25. The van der Waals surface area contributed by atoms with Crippen LogP contribution in [0.25, 0.3) is 11.5 Å².